The number of hydrogen-bond acceptors (Lipinski definition) is 4. The number of aromatic nitrogens is 3. The number of benzene rings is 1. The number of rotatable bonds is 3. The zero-order valence-electron chi connectivity index (χ0n) is 10.4. The van der Waals surface area contributed by atoms with E-state index in [-0.39, 0.29) is 12.2 Å². The molecule has 1 N–H and O–H groups in total. The van der Waals surface area contributed by atoms with Gasteiger partial charge >= 0.3 is 6.18 Å². The Bertz CT molecular complexity index is 654. The summed E-state index contributed by atoms with van der Waals surface area (Å²) in [6.07, 6.45) is -2.91. The van der Waals surface area contributed by atoms with Crippen LogP contribution in [0.3, 0.4) is 0 Å². The molecular formula is C12H10F3N5. The van der Waals surface area contributed by atoms with E-state index < -0.39 is 17.3 Å². The highest BCUT2D eigenvalue weighted by Crippen LogP contribution is 2.33. The van der Waals surface area contributed by atoms with Crippen LogP contribution in [0.15, 0.2) is 24.4 Å². The van der Waals surface area contributed by atoms with Gasteiger partial charge in [0.15, 0.2) is 0 Å². The van der Waals surface area contributed by atoms with Crippen LogP contribution in [0, 0.1) is 11.3 Å². The zero-order valence-corrected chi connectivity index (χ0v) is 10.4. The van der Waals surface area contributed by atoms with E-state index in [9.17, 15) is 13.2 Å². The summed E-state index contributed by atoms with van der Waals surface area (Å²) in [5.74, 6) is 0. The fraction of sp³-hybridized carbons (Fsp3) is 0.250. The minimum atomic E-state index is -4.56. The Balaban J connectivity index is 2.19. The Labute approximate surface area is 112 Å². The van der Waals surface area contributed by atoms with Crippen LogP contribution in [0.2, 0.25) is 0 Å². The van der Waals surface area contributed by atoms with E-state index in [1.807, 2.05) is 0 Å². The van der Waals surface area contributed by atoms with Crippen molar-refractivity contribution in [1.29, 1.82) is 5.26 Å². The number of hydrogen-bond donors (Lipinski definition) is 1. The van der Waals surface area contributed by atoms with Crippen molar-refractivity contribution in [3.8, 4) is 6.07 Å². The van der Waals surface area contributed by atoms with E-state index in [2.05, 4.69) is 15.6 Å². The Morgan fingerprint density at radius 2 is 2.15 bits per heavy atom. The maximum absolute atomic E-state index is 12.8. The first-order valence-corrected chi connectivity index (χ1v) is 5.60. The van der Waals surface area contributed by atoms with Crippen molar-refractivity contribution in [3.05, 3.63) is 41.2 Å². The molecule has 1 aromatic carbocycles. The van der Waals surface area contributed by atoms with Crippen LogP contribution in [0.5, 0.6) is 0 Å². The molecule has 0 fully saturated rings. The van der Waals surface area contributed by atoms with Crippen LogP contribution in [-0.4, -0.2) is 15.0 Å². The number of alkyl halides is 3. The van der Waals surface area contributed by atoms with E-state index in [4.69, 9.17) is 5.26 Å². The van der Waals surface area contributed by atoms with Crippen LogP contribution in [0.4, 0.5) is 18.9 Å². The first-order valence-electron chi connectivity index (χ1n) is 5.60. The molecular weight excluding hydrogens is 271 g/mol. The molecule has 0 aliphatic rings. The third kappa shape index (κ3) is 3.06. The average Bonchev–Trinajstić information content (AvgIpc) is 2.81. The number of nitriles is 1. The van der Waals surface area contributed by atoms with Gasteiger partial charge in [0, 0.05) is 18.9 Å². The predicted molar refractivity (Wildman–Crippen MR) is 64.5 cm³/mol. The molecule has 20 heavy (non-hydrogen) atoms. The topological polar surface area (TPSA) is 66.5 Å². The van der Waals surface area contributed by atoms with Crippen molar-refractivity contribution < 1.29 is 13.2 Å². The summed E-state index contributed by atoms with van der Waals surface area (Å²) >= 11 is 0. The van der Waals surface area contributed by atoms with E-state index in [1.54, 1.807) is 13.2 Å². The summed E-state index contributed by atoms with van der Waals surface area (Å²) < 4.78 is 39.8. The highest BCUT2D eigenvalue weighted by atomic mass is 19.4. The Kier molecular flexibility index (Phi) is 3.61. The highest BCUT2D eigenvalue weighted by Gasteiger charge is 2.33. The van der Waals surface area contributed by atoms with Crippen molar-refractivity contribution in [3.63, 3.8) is 0 Å². The molecule has 104 valence electrons. The maximum atomic E-state index is 12.8. The quantitative estimate of drug-likeness (QED) is 0.937. The van der Waals surface area contributed by atoms with E-state index in [0.29, 0.717) is 5.69 Å². The Morgan fingerprint density at radius 3 is 2.70 bits per heavy atom. The number of nitrogens with zero attached hydrogens (tertiary/aromatic N) is 4. The average molecular weight is 281 g/mol. The molecule has 0 radical (unpaired) electrons. The summed E-state index contributed by atoms with van der Waals surface area (Å²) in [7, 11) is 1.69. The van der Waals surface area contributed by atoms with Crippen LogP contribution < -0.4 is 5.32 Å². The van der Waals surface area contributed by atoms with Gasteiger partial charge in [-0.05, 0) is 18.2 Å². The molecule has 5 nitrogen and oxygen atoms in total. The van der Waals surface area contributed by atoms with Gasteiger partial charge in [0.2, 0.25) is 0 Å². The van der Waals surface area contributed by atoms with Gasteiger partial charge in [-0.3, -0.25) is 4.68 Å². The lowest BCUT2D eigenvalue weighted by Gasteiger charge is -2.11. The first kappa shape index (κ1) is 13.9. The largest absolute Gasteiger partial charge is 0.417 e. The first-order chi connectivity index (χ1) is 9.40. The lowest BCUT2D eigenvalue weighted by Crippen LogP contribution is -2.09. The molecule has 0 amide bonds. The van der Waals surface area contributed by atoms with E-state index in [0.717, 1.165) is 12.1 Å². The summed E-state index contributed by atoms with van der Waals surface area (Å²) in [5, 5.41) is 19.0. The van der Waals surface area contributed by atoms with Gasteiger partial charge in [-0.2, -0.15) is 18.4 Å². The molecule has 0 saturated carbocycles. The highest BCUT2D eigenvalue weighted by molar-refractivity contribution is 5.53. The number of anilines is 1. The van der Waals surface area contributed by atoms with Crippen LogP contribution in [-0.2, 0) is 19.8 Å². The lowest BCUT2D eigenvalue weighted by molar-refractivity contribution is -0.137. The second-order valence-electron chi connectivity index (χ2n) is 4.11. The summed E-state index contributed by atoms with van der Waals surface area (Å²) in [6, 6.07) is 5.01. The molecule has 0 unspecified atom stereocenters. The Morgan fingerprint density at radius 1 is 1.40 bits per heavy atom. The summed E-state index contributed by atoms with van der Waals surface area (Å²) in [6.45, 7) is 0.247. The molecule has 0 spiro atoms. The van der Waals surface area contributed by atoms with Crippen molar-refractivity contribution in [2.75, 3.05) is 5.32 Å². The SMILES string of the molecule is Cn1cc(CNc2ccc(C#N)c(C(F)(F)F)c2)nn1. The van der Waals surface area contributed by atoms with Gasteiger partial charge in [0.05, 0.1) is 23.7 Å². The van der Waals surface area contributed by atoms with Crippen molar-refractivity contribution >= 4 is 5.69 Å². The second-order valence-corrected chi connectivity index (χ2v) is 4.11. The standard InChI is InChI=1S/C12H10F3N5/c1-20-7-10(18-19-20)6-17-9-3-2-8(5-16)11(4-9)12(13,14)15/h2-4,7,17H,6H2,1H3. The molecule has 0 aliphatic carbocycles. The zero-order chi connectivity index (χ0) is 14.8. The second kappa shape index (κ2) is 5.21. The molecule has 2 aromatic rings. The van der Waals surface area contributed by atoms with Crippen LogP contribution in [0.1, 0.15) is 16.8 Å². The molecule has 0 aliphatic heterocycles. The minimum absolute atomic E-state index is 0.247. The third-order valence-electron chi connectivity index (χ3n) is 2.57. The van der Waals surface area contributed by atoms with E-state index in [1.165, 1.54) is 16.8 Å². The lowest BCUT2D eigenvalue weighted by atomic mass is 10.1. The minimum Gasteiger partial charge on any atom is -0.379 e. The van der Waals surface area contributed by atoms with Gasteiger partial charge in [-0.15, -0.1) is 5.10 Å². The molecule has 0 saturated heterocycles. The van der Waals surface area contributed by atoms with Gasteiger partial charge in [0.25, 0.3) is 0 Å². The van der Waals surface area contributed by atoms with Gasteiger partial charge in [-0.25, -0.2) is 0 Å². The molecule has 0 bridgehead atoms. The van der Waals surface area contributed by atoms with Gasteiger partial charge < -0.3 is 5.32 Å². The summed E-state index contributed by atoms with van der Waals surface area (Å²) in [5.41, 5.74) is -0.487. The van der Waals surface area contributed by atoms with Crippen molar-refractivity contribution in [2.24, 2.45) is 7.05 Å². The number of aryl methyl sites for hydroxylation is 1. The number of halogens is 3. The van der Waals surface area contributed by atoms with Crippen molar-refractivity contribution in [1.82, 2.24) is 15.0 Å². The fourth-order valence-corrected chi connectivity index (χ4v) is 1.66. The Hall–Kier alpha value is -2.56. The summed E-state index contributed by atoms with van der Waals surface area (Å²) in [4.78, 5) is 0. The van der Waals surface area contributed by atoms with Crippen molar-refractivity contribution in [2.45, 2.75) is 12.7 Å². The van der Waals surface area contributed by atoms with E-state index >= 15 is 0 Å². The molecule has 8 heteroatoms. The smallest absolute Gasteiger partial charge is 0.379 e. The molecule has 0 atom stereocenters. The van der Waals surface area contributed by atoms with Gasteiger partial charge in [-0.1, -0.05) is 5.21 Å². The fourth-order valence-electron chi connectivity index (χ4n) is 1.66. The third-order valence-corrected chi connectivity index (χ3v) is 2.57. The normalized spacial score (nSPS) is 11.2. The molecule has 2 rings (SSSR count). The number of nitrogens with one attached hydrogen (secondary N) is 1. The molecule has 1 heterocycles. The maximum Gasteiger partial charge on any atom is 0.417 e. The predicted octanol–water partition coefficient (Wildman–Crippen LogP) is 2.32. The molecule has 1 aromatic heterocycles. The van der Waals surface area contributed by atoms with Gasteiger partial charge in [0.1, 0.15) is 5.69 Å². The monoisotopic (exact) mass is 281 g/mol. The van der Waals surface area contributed by atoms with Crippen LogP contribution >= 0.6 is 0 Å². The van der Waals surface area contributed by atoms with Crippen LogP contribution in [0.25, 0.3) is 0 Å².